The lowest BCUT2D eigenvalue weighted by atomic mass is 9.89. The quantitative estimate of drug-likeness (QED) is 0.778. The molecule has 0 aromatic heterocycles. The molecule has 2 nitrogen and oxygen atoms in total. The standard InChI is InChI=1S/C18H16O2/c1-20-17-12-11-16(14-9-5-6-10-15(14)17)18(19)13-7-3-2-4-8-13/h2-7,9-13H,8H2,1H3. The minimum Gasteiger partial charge on any atom is -0.496 e. The molecule has 1 atom stereocenters. The third-order valence-electron chi connectivity index (χ3n) is 3.69. The van der Waals surface area contributed by atoms with Gasteiger partial charge in [0.05, 0.1) is 7.11 Å². The van der Waals surface area contributed by atoms with Crippen molar-refractivity contribution < 1.29 is 9.53 Å². The number of hydrogen-bond donors (Lipinski definition) is 0. The second kappa shape index (κ2) is 5.33. The van der Waals surface area contributed by atoms with Crippen LogP contribution in [0.25, 0.3) is 10.8 Å². The molecular weight excluding hydrogens is 248 g/mol. The molecule has 0 spiro atoms. The zero-order chi connectivity index (χ0) is 13.9. The van der Waals surface area contributed by atoms with Gasteiger partial charge >= 0.3 is 0 Å². The van der Waals surface area contributed by atoms with Crippen molar-refractivity contribution in [1.29, 1.82) is 0 Å². The van der Waals surface area contributed by atoms with E-state index in [9.17, 15) is 4.79 Å². The monoisotopic (exact) mass is 264 g/mol. The number of methoxy groups -OCH3 is 1. The first-order valence-corrected chi connectivity index (χ1v) is 6.74. The Morgan fingerprint density at radius 1 is 1.10 bits per heavy atom. The van der Waals surface area contributed by atoms with Gasteiger partial charge < -0.3 is 4.74 Å². The molecule has 0 fully saturated rings. The van der Waals surface area contributed by atoms with Crippen molar-refractivity contribution >= 4 is 16.6 Å². The third kappa shape index (κ3) is 2.14. The molecule has 0 heterocycles. The number of ether oxygens (including phenoxy) is 1. The number of ketones is 1. The summed E-state index contributed by atoms with van der Waals surface area (Å²) in [6.07, 6.45) is 8.71. The van der Waals surface area contributed by atoms with Gasteiger partial charge in [-0.15, -0.1) is 0 Å². The van der Waals surface area contributed by atoms with E-state index in [1.807, 2.05) is 60.7 Å². The first-order valence-electron chi connectivity index (χ1n) is 6.74. The predicted octanol–water partition coefficient (Wildman–Crippen LogP) is 4.16. The molecule has 0 radical (unpaired) electrons. The molecule has 0 N–H and O–H groups in total. The second-order valence-electron chi connectivity index (χ2n) is 4.88. The third-order valence-corrected chi connectivity index (χ3v) is 3.69. The number of Topliss-reactive ketones (excluding diaryl/α,β-unsaturated/α-hetero) is 1. The number of rotatable bonds is 3. The number of carbonyl (C=O) groups excluding carboxylic acids is 1. The van der Waals surface area contributed by atoms with E-state index in [0.29, 0.717) is 0 Å². The highest BCUT2D eigenvalue weighted by atomic mass is 16.5. The maximum Gasteiger partial charge on any atom is 0.170 e. The molecule has 2 aromatic rings. The van der Waals surface area contributed by atoms with E-state index in [1.54, 1.807) is 7.11 Å². The molecule has 1 unspecified atom stereocenters. The molecule has 0 saturated carbocycles. The van der Waals surface area contributed by atoms with E-state index in [1.165, 1.54) is 0 Å². The number of hydrogen-bond acceptors (Lipinski definition) is 2. The fraction of sp³-hybridized carbons (Fsp3) is 0.167. The van der Waals surface area contributed by atoms with E-state index in [0.717, 1.165) is 28.5 Å². The smallest absolute Gasteiger partial charge is 0.170 e. The molecule has 1 aliphatic carbocycles. The maximum atomic E-state index is 12.7. The number of allylic oxidation sites excluding steroid dienone is 4. The molecule has 100 valence electrons. The Morgan fingerprint density at radius 3 is 2.60 bits per heavy atom. The summed E-state index contributed by atoms with van der Waals surface area (Å²) in [6, 6.07) is 11.6. The molecule has 0 saturated heterocycles. The van der Waals surface area contributed by atoms with Crippen LogP contribution in [0.3, 0.4) is 0 Å². The summed E-state index contributed by atoms with van der Waals surface area (Å²) in [7, 11) is 1.65. The molecule has 2 aromatic carbocycles. The van der Waals surface area contributed by atoms with Gasteiger partial charge in [-0.25, -0.2) is 0 Å². The van der Waals surface area contributed by atoms with Crippen LogP contribution in [0, 0.1) is 5.92 Å². The van der Waals surface area contributed by atoms with E-state index < -0.39 is 0 Å². The Balaban J connectivity index is 2.10. The summed E-state index contributed by atoms with van der Waals surface area (Å²) in [6.45, 7) is 0. The number of fused-ring (bicyclic) bond motifs is 1. The van der Waals surface area contributed by atoms with Crippen LogP contribution >= 0.6 is 0 Å². The highest BCUT2D eigenvalue weighted by molar-refractivity contribution is 6.11. The zero-order valence-electron chi connectivity index (χ0n) is 11.4. The minimum atomic E-state index is -0.0585. The molecular formula is C18H16O2. The van der Waals surface area contributed by atoms with Crippen molar-refractivity contribution in [2.24, 2.45) is 5.92 Å². The molecule has 0 amide bonds. The summed E-state index contributed by atoms with van der Waals surface area (Å²) < 4.78 is 5.37. The van der Waals surface area contributed by atoms with Gasteiger partial charge in [0.25, 0.3) is 0 Å². The van der Waals surface area contributed by atoms with Gasteiger partial charge in [-0.2, -0.15) is 0 Å². The van der Waals surface area contributed by atoms with Crippen LogP contribution in [0.2, 0.25) is 0 Å². The highest BCUT2D eigenvalue weighted by Gasteiger charge is 2.20. The topological polar surface area (TPSA) is 26.3 Å². The van der Waals surface area contributed by atoms with Crippen LogP contribution in [0.15, 0.2) is 60.7 Å². The minimum absolute atomic E-state index is 0.0585. The fourth-order valence-electron chi connectivity index (χ4n) is 2.64. The zero-order valence-corrected chi connectivity index (χ0v) is 11.4. The first-order chi connectivity index (χ1) is 9.81. The molecule has 0 aliphatic heterocycles. The van der Waals surface area contributed by atoms with Crippen LogP contribution in [-0.2, 0) is 0 Å². The highest BCUT2D eigenvalue weighted by Crippen LogP contribution is 2.30. The van der Waals surface area contributed by atoms with Crippen molar-refractivity contribution in [3.63, 3.8) is 0 Å². The average molecular weight is 264 g/mol. The summed E-state index contributed by atoms with van der Waals surface area (Å²) in [5.74, 6) is 0.914. The summed E-state index contributed by atoms with van der Waals surface area (Å²) in [5.41, 5.74) is 0.770. The lowest BCUT2D eigenvalue weighted by Gasteiger charge is -2.15. The van der Waals surface area contributed by atoms with Gasteiger partial charge in [-0.1, -0.05) is 48.6 Å². The Morgan fingerprint density at radius 2 is 1.90 bits per heavy atom. The van der Waals surface area contributed by atoms with E-state index in [-0.39, 0.29) is 11.7 Å². The Labute approximate surface area is 118 Å². The number of carbonyl (C=O) groups is 1. The van der Waals surface area contributed by atoms with E-state index >= 15 is 0 Å². The summed E-state index contributed by atoms with van der Waals surface area (Å²) in [4.78, 5) is 12.7. The van der Waals surface area contributed by atoms with Crippen LogP contribution in [0.1, 0.15) is 16.8 Å². The Hall–Kier alpha value is -2.35. The lowest BCUT2D eigenvalue weighted by molar-refractivity contribution is 0.0947. The fourth-order valence-corrected chi connectivity index (χ4v) is 2.64. The van der Waals surface area contributed by atoms with Crippen LogP contribution in [0.4, 0.5) is 0 Å². The van der Waals surface area contributed by atoms with Crippen molar-refractivity contribution in [3.8, 4) is 5.75 Å². The average Bonchev–Trinajstić information content (AvgIpc) is 2.54. The SMILES string of the molecule is COc1ccc(C(=O)C2C=CC=CC2)c2ccccc12. The van der Waals surface area contributed by atoms with Crippen molar-refractivity contribution in [2.75, 3.05) is 7.11 Å². The molecule has 1 aliphatic rings. The van der Waals surface area contributed by atoms with Crippen LogP contribution in [0.5, 0.6) is 5.75 Å². The maximum absolute atomic E-state index is 12.7. The summed E-state index contributed by atoms with van der Waals surface area (Å²) >= 11 is 0. The van der Waals surface area contributed by atoms with Crippen molar-refractivity contribution in [3.05, 3.63) is 66.3 Å². The van der Waals surface area contributed by atoms with Crippen molar-refractivity contribution in [1.82, 2.24) is 0 Å². The van der Waals surface area contributed by atoms with Gasteiger partial charge in [0.15, 0.2) is 5.78 Å². The first kappa shape index (κ1) is 12.7. The van der Waals surface area contributed by atoms with Gasteiger partial charge in [-0.05, 0) is 23.9 Å². The predicted molar refractivity (Wildman–Crippen MR) is 81.2 cm³/mol. The van der Waals surface area contributed by atoms with Gasteiger partial charge in [0, 0.05) is 16.9 Å². The molecule has 2 heteroatoms. The van der Waals surface area contributed by atoms with Crippen molar-refractivity contribution in [2.45, 2.75) is 6.42 Å². The second-order valence-corrected chi connectivity index (χ2v) is 4.88. The largest absolute Gasteiger partial charge is 0.496 e. The van der Waals surface area contributed by atoms with E-state index in [2.05, 4.69) is 0 Å². The lowest BCUT2D eigenvalue weighted by Crippen LogP contribution is -2.13. The normalized spacial score (nSPS) is 17.4. The molecule has 0 bridgehead atoms. The number of benzene rings is 2. The molecule has 3 rings (SSSR count). The van der Waals surface area contributed by atoms with Gasteiger partial charge in [0.2, 0.25) is 0 Å². The van der Waals surface area contributed by atoms with Gasteiger partial charge in [-0.3, -0.25) is 4.79 Å². The van der Waals surface area contributed by atoms with E-state index in [4.69, 9.17) is 4.74 Å². The van der Waals surface area contributed by atoms with Gasteiger partial charge in [0.1, 0.15) is 5.75 Å². The van der Waals surface area contributed by atoms with Crippen LogP contribution in [-0.4, -0.2) is 12.9 Å². The Bertz CT molecular complexity index is 710. The Kier molecular flexibility index (Phi) is 3.38. The summed E-state index contributed by atoms with van der Waals surface area (Å²) in [5, 5.41) is 1.94. The van der Waals surface area contributed by atoms with Crippen LogP contribution < -0.4 is 4.74 Å². The molecule has 20 heavy (non-hydrogen) atoms.